The maximum absolute atomic E-state index is 12.6. The summed E-state index contributed by atoms with van der Waals surface area (Å²) < 4.78 is 5.62. The van der Waals surface area contributed by atoms with Gasteiger partial charge in [0.15, 0.2) is 11.9 Å². The third kappa shape index (κ3) is 4.47. The molecule has 0 saturated heterocycles. The number of anilines is 2. The summed E-state index contributed by atoms with van der Waals surface area (Å²) in [5.74, 6) is -0.293. The predicted octanol–water partition coefficient (Wildman–Crippen LogP) is 3.94. The fourth-order valence-electron chi connectivity index (χ4n) is 3.19. The van der Waals surface area contributed by atoms with E-state index in [9.17, 15) is 14.4 Å². The van der Waals surface area contributed by atoms with Crippen LogP contribution in [0.15, 0.2) is 42.5 Å². The molecule has 1 N–H and O–H groups in total. The molecule has 3 rings (SSSR count). The average Bonchev–Trinajstić information content (AvgIpc) is 2.64. The molecular weight excluding hydrogens is 368 g/mol. The van der Waals surface area contributed by atoms with E-state index in [0.29, 0.717) is 22.7 Å². The molecule has 1 atom stereocenters. The summed E-state index contributed by atoms with van der Waals surface area (Å²) in [6.45, 7) is 9.30. The molecule has 6 nitrogen and oxygen atoms in total. The first-order chi connectivity index (χ1) is 13.6. The molecule has 0 radical (unpaired) electrons. The van der Waals surface area contributed by atoms with Gasteiger partial charge in [0.05, 0.1) is 5.69 Å². The molecule has 152 valence electrons. The SMILES string of the molecule is CC(=O)c1ccc2c(c1)N(CC(=O)Nc1ccc(C(C)(C)C)cc1)C(=O)C(C)O2. The highest BCUT2D eigenvalue weighted by atomic mass is 16.5. The topological polar surface area (TPSA) is 75.7 Å². The van der Waals surface area contributed by atoms with E-state index in [0.717, 1.165) is 0 Å². The smallest absolute Gasteiger partial charge is 0.268 e. The zero-order chi connectivity index (χ0) is 21.3. The van der Waals surface area contributed by atoms with Gasteiger partial charge in [-0.1, -0.05) is 32.9 Å². The Morgan fingerprint density at radius 1 is 1.10 bits per heavy atom. The Labute approximate surface area is 170 Å². The number of nitrogens with zero attached hydrogens (tertiary/aromatic N) is 1. The number of Topliss-reactive ketones (excluding diaryl/α,β-unsaturated/α-hetero) is 1. The Morgan fingerprint density at radius 3 is 2.34 bits per heavy atom. The molecule has 0 aromatic heterocycles. The van der Waals surface area contributed by atoms with Gasteiger partial charge < -0.3 is 10.1 Å². The van der Waals surface area contributed by atoms with Crippen LogP contribution in [0.5, 0.6) is 5.75 Å². The number of hydrogen-bond donors (Lipinski definition) is 1. The quantitative estimate of drug-likeness (QED) is 0.797. The van der Waals surface area contributed by atoms with Gasteiger partial charge in [0.25, 0.3) is 5.91 Å². The standard InChI is InChI=1S/C23H26N2O4/c1-14(26)16-6-11-20-19(12-16)25(22(28)15(2)29-20)13-21(27)24-18-9-7-17(8-10-18)23(3,4)5/h6-12,15H,13H2,1-5H3,(H,24,27). The first kappa shape index (κ1) is 20.6. The molecule has 1 aliphatic rings. The molecule has 29 heavy (non-hydrogen) atoms. The largest absolute Gasteiger partial charge is 0.479 e. The van der Waals surface area contributed by atoms with Crippen LogP contribution in [0.25, 0.3) is 0 Å². The molecule has 1 unspecified atom stereocenters. The van der Waals surface area contributed by atoms with Crippen molar-refractivity contribution in [2.24, 2.45) is 0 Å². The van der Waals surface area contributed by atoms with E-state index in [-0.39, 0.29) is 29.6 Å². The zero-order valence-corrected chi connectivity index (χ0v) is 17.4. The van der Waals surface area contributed by atoms with Gasteiger partial charge in [-0.2, -0.15) is 0 Å². The summed E-state index contributed by atoms with van der Waals surface area (Å²) in [7, 11) is 0. The molecule has 0 spiro atoms. The molecule has 1 heterocycles. The van der Waals surface area contributed by atoms with Crippen LogP contribution in [-0.2, 0) is 15.0 Å². The second-order valence-electron chi connectivity index (χ2n) is 8.30. The van der Waals surface area contributed by atoms with Crippen molar-refractivity contribution < 1.29 is 19.1 Å². The van der Waals surface area contributed by atoms with E-state index in [1.54, 1.807) is 25.1 Å². The number of ether oxygens (including phenoxy) is 1. The minimum Gasteiger partial charge on any atom is -0.479 e. The van der Waals surface area contributed by atoms with E-state index < -0.39 is 6.10 Å². The average molecular weight is 394 g/mol. The van der Waals surface area contributed by atoms with Gasteiger partial charge in [0.1, 0.15) is 12.3 Å². The Kier molecular flexibility index (Phi) is 5.46. The predicted molar refractivity (Wildman–Crippen MR) is 113 cm³/mol. The zero-order valence-electron chi connectivity index (χ0n) is 17.4. The molecule has 6 heteroatoms. The van der Waals surface area contributed by atoms with Crippen LogP contribution in [0, 0.1) is 0 Å². The number of amides is 2. The number of fused-ring (bicyclic) bond motifs is 1. The van der Waals surface area contributed by atoms with E-state index >= 15 is 0 Å². The maximum atomic E-state index is 12.6. The lowest BCUT2D eigenvalue weighted by Crippen LogP contribution is -2.47. The normalized spacial score (nSPS) is 16.1. The molecule has 1 aliphatic heterocycles. The summed E-state index contributed by atoms with van der Waals surface area (Å²) in [4.78, 5) is 38.4. The second kappa shape index (κ2) is 7.70. The van der Waals surface area contributed by atoms with Crippen LogP contribution in [0.3, 0.4) is 0 Å². The van der Waals surface area contributed by atoms with Crippen molar-refractivity contribution in [1.29, 1.82) is 0 Å². The van der Waals surface area contributed by atoms with E-state index in [4.69, 9.17) is 4.74 Å². The number of nitrogens with one attached hydrogen (secondary N) is 1. The summed E-state index contributed by atoms with van der Waals surface area (Å²) >= 11 is 0. The highest BCUT2D eigenvalue weighted by Crippen LogP contribution is 2.35. The number of carbonyl (C=O) groups is 3. The van der Waals surface area contributed by atoms with E-state index in [1.807, 2.05) is 24.3 Å². The lowest BCUT2D eigenvalue weighted by Gasteiger charge is -2.32. The lowest BCUT2D eigenvalue weighted by molar-refractivity contribution is -0.127. The van der Waals surface area contributed by atoms with Gasteiger partial charge in [-0.25, -0.2) is 0 Å². The monoisotopic (exact) mass is 394 g/mol. The van der Waals surface area contributed by atoms with Crippen LogP contribution in [0.1, 0.15) is 50.5 Å². The van der Waals surface area contributed by atoms with Crippen molar-refractivity contribution in [2.75, 3.05) is 16.8 Å². The summed E-state index contributed by atoms with van der Waals surface area (Å²) in [6, 6.07) is 12.6. The number of ketones is 1. The fourth-order valence-corrected chi connectivity index (χ4v) is 3.19. The third-order valence-corrected chi connectivity index (χ3v) is 4.91. The number of hydrogen-bond acceptors (Lipinski definition) is 4. The van der Waals surface area contributed by atoms with Crippen LogP contribution in [0.4, 0.5) is 11.4 Å². The van der Waals surface area contributed by atoms with E-state index in [2.05, 4.69) is 26.1 Å². The Bertz CT molecular complexity index is 958. The number of rotatable bonds is 4. The first-order valence-corrected chi connectivity index (χ1v) is 9.59. The van der Waals surface area contributed by atoms with Gasteiger partial charge in [0.2, 0.25) is 5.91 Å². The summed E-state index contributed by atoms with van der Waals surface area (Å²) in [5, 5.41) is 2.83. The van der Waals surface area contributed by atoms with Crippen molar-refractivity contribution in [3.8, 4) is 5.75 Å². The number of benzene rings is 2. The summed E-state index contributed by atoms with van der Waals surface area (Å²) in [5.41, 5.74) is 2.74. The van der Waals surface area contributed by atoms with Crippen molar-refractivity contribution in [3.63, 3.8) is 0 Å². The first-order valence-electron chi connectivity index (χ1n) is 9.59. The molecular formula is C23H26N2O4. The second-order valence-corrected chi connectivity index (χ2v) is 8.30. The van der Waals surface area contributed by atoms with Crippen LogP contribution >= 0.6 is 0 Å². The molecule has 0 bridgehead atoms. The minimum absolute atomic E-state index is 0.0248. The van der Waals surface area contributed by atoms with Crippen LogP contribution < -0.4 is 15.0 Å². The van der Waals surface area contributed by atoms with E-state index in [1.165, 1.54) is 17.4 Å². The molecule has 2 aromatic rings. The van der Waals surface area contributed by atoms with Gasteiger partial charge >= 0.3 is 0 Å². The van der Waals surface area contributed by atoms with Crippen LogP contribution in [0.2, 0.25) is 0 Å². The molecule has 0 aliphatic carbocycles. The van der Waals surface area contributed by atoms with Gasteiger partial charge in [-0.3, -0.25) is 19.3 Å². The third-order valence-electron chi connectivity index (χ3n) is 4.91. The van der Waals surface area contributed by atoms with Crippen molar-refractivity contribution >= 4 is 29.0 Å². The molecule has 2 amide bonds. The lowest BCUT2D eigenvalue weighted by atomic mass is 9.87. The van der Waals surface area contributed by atoms with Crippen LogP contribution in [-0.4, -0.2) is 30.2 Å². The van der Waals surface area contributed by atoms with Gasteiger partial charge in [-0.05, 0) is 55.2 Å². The van der Waals surface area contributed by atoms with Crippen molar-refractivity contribution in [2.45, 2.75) is 46.1 Å². The van der Waals surface area contributed by atoms with Gasteiger partial charge in [0, 0.05) is 11.3 Å². The maximum Gasteiger partial charge on any atom is 0.268 e. The highest BCUT2D eigenvalue weighted by molar-refractivity contribution is 6.07. The molecule has 0 saturated carbocycles. The Balaban J connectivity index is 1.80. The minimum atomic E-state index is -0.704. The molecule has 2 aromatic carbocycles. The fraction of sp³-hybridized carbons (Fsp3) is 0.348. The van der Waals surface area contributed by atoms with Gasteiger partial charge in [-0.15, -0.1) is 0 Å². The Hall–Kier alpha value is -3.15. The van der Waals surface area contributed by atoms with Crippen molar-refractivity contribution in [1.82, 2.24) is 0 Å². The van der Waals surface area contributed by atoms with Crippen molar-refractivity contribution in [3.05, 3.63) is 53.6 Å². The highest BCUT2D eigenvalue weighted by Gasteiger charge is 2.33. The molecule has 0 fully saturated rings. The number of carbonyl (C=O) groups excluding carboxylic acids is 3. The summed E-state index contributed by atoms with van der Waals surface area (Å²) in [6.07, 6.45) is -0.704. The Morgan fingerprint density at radius 2 is 1.76 bits per heavy atom.